The Morgan fingerprint density at radius 2 is 1.92 bits per heavy atom. The summed E-state index contributed by atoms with van der Waals surface area (Å²) in [6.45, 7) is 7.60. The van der Waals surface area contributed by atoms with Gasteiger partial charge < -0.3 is 9.52 Å². The Balaban J connectivity index is 3.35. The molecule has 0 aliphatic carbocycles. The highest BCUT2D eigenvalue weighted by atomic mass is 16.4. The molecule has 0 bridgehead atoms. The monoisotopic (exact) mass is 182 g/mol. The van der Waals surface area contributed by atoms with Crippen molar-refractivity contribution < 1.29 is 14.3 Å². The number of aryl methyl sites for hydroxylation is 1. The number of carboxylic acid groups (broad SMARTS) is 1. The third-order valence-electron chi connectivity index (χ3n) is 2.20. The number of hydrogen-bond acceptors (Lipinski definition) is 2. The molecule has 0 amide bonds. The van der Waals surface area contributed by atoms with Gasteiger partial charge in [0.05, 0.1) is 0 Å². The van der Waals surface area contributed by atoms with Crippen LogP contribution in [0, 0.1) is 13.8 Å². The molecule has 0 unspecified atom stereocenters. The summed E-state index contributed by atoms with van der Waals surface area (Å²) in [4.78, 5) is 10.8. The van der Waals surface area contributed by atoms with Crippen LogP contribution in [0.25, 0.3) is 0 Å². The maximum atomic E-state index is 10.8. The molecule has 0 spiro atoms. The molecule has 0 atom stereocenters. The van der Waals surface area contributed by atoms with Crippen LogP contribution >= 0.6 is 0 Å². The van der Waals surface area contributed by atoms with E-state index < -0.39 is 5.97 Å². The maximum absolute atomic E-state index is 10.8. The van der Waals surface area contributed by atoms with Crippen LogP contribution in [0.3, 0.4) is 0 Å². The average molecular weight is 182 g/mol. The molecule has 0 aliphatic rings. The summed E-state index contributed by atoms with van der Waals surface area (Å²) >= 11 is 0. The molecule has 1 heterocycles. The van der Waals surface area contributed by atoms with E-state index in [1.807, 2.05) is 20.8 Å². The lowest BCUT2D eigenvalue weighted by molar-refractivity contribution is 0.0658. The molecule has 0 saturated heterocycles. The smallest absolute Gasteiger partial charge is 0.372 e. The number of rotatable bonds is 2. The third kappa shape index (κ3) is 1.59. The van der Waals surface area contributed by atoms with Gasteiger partial charge >= 0.3 is 5.97 Å². The zero-order chi connectivity index (χ0) is 10.2. The maximum Gasteiger partial charge on any atom is 0.372 e. The number of furan rings is 1. The third-order valence-corrected chi connectivity index (χ3v) is 2.20. The van der Waals surface area contributed by atoms with Crippen LogP contribution in [0.4, 0.5) is 0 Å². The molecular formula is C10H14O3. The molecule has 72 valence electrons. The fourth-order valence-corrected chi connectivity index (χ4v) is 1.50. The van der Waals surface area contributed by atoms with Crippen LogP contribution in [-0.4, -0.2) is 11.1 Å². The van der Waals surface area contributed by atoms with E-state index in [1.54, 1.807) is 6.92 Å². The van der Waals surface area contributed by atoms with Crippen LogP contribution in [0.5, 0.6) is 0 Å². The first-order valence-corrected chi connectivity index (χ1v) is 4.28. The van der Waals surface area contributed by atoms with Gasteiger partial charge in [0.25, 0.3) is 0 Å². The van der Waals surface area contributed by atoms with Gasteiger partial charge in [0.2, 0.25) is 5.76 Å². The number of carbonyl (C=O) groups is 1. The van der Waals surface area contributed by atoms with Gasteiger partial charge in [0.1, 0.15) is 5.76 Å². The Kier molecular flexibility index (Phi) is 2.45. The molecule has 13 heavy (non-hydrogen) atoms. The van der Waals surface area contributed by atoms with E-state index in [0.29, 0.717) is 5.76 Å². The van der Waals surface area contributed by atoms with E-state index in [9.17, 15) is 4.79 Å². The highest BCUT2D eigenvalue weighted by Crippen LogP contribution is 2.28. The first kappa shape index (κ1) is 9.84. The lowest BCUT2D eigenvalue weighted by Crippen LogP contribution is -2.01. The summed E-state index contributed by atoms with van der Waals surface area (Å²) in [6, 6.07) is 0. The van der Waals surface area contributed by atoms with Crippen LogP contribution in [0.1, 0.15) is 47.2 Å². The van der Waals surface area contributed by atoms with Crippen LogP contribution < -0.4 is 0 Å². The molecule has 1 aromatic rings. The Bertz CT molecular complexity index is 334. The lowest BCUT2D eigenvalue weighted by Gasteiger charge is -2.03. The summed E-state index contributed by atoms with van der Waals surface area (Å²) < 4.78 is 5.17. The molecule has 1 rings (SSSR count). The Hall–Kier alpha value is -1.25. The fourth-order valence-electron chi connectivity index (χ4n) is 1.50. The SMILES string of the molecule is Cc1oc(C(=O)O)c(C(C)C)c1C. The van der Waals surface area contributed by atoms with E-state index in [1.165, 1.54) is 0 Å². The van der Waals surface area contributed by atoms with Gasteiger partial charge in [-0.15, -0.1) is 0 Å². The van der Waals surface area contributed by atoms with Gasteiger partial charge in [0.15, 0.2) is 0 Å². The second-order valence-corrected chi connectivity index (χ2v) is 3.49. The number of carboxylic acids is 1. The fraction of sp³-hybridized carbons (Fsp3) is 0.500. The first-order chi connectivity index (χ1) is 5.95. The zero-order valence-electron chi connectivity index (χ0n) is 8.34. The van der Waals surface area contributed by atoms with E-state index >= 15 is 0 Å². The molecule has 3 nitrogen and oxygen atoms in total. The molecule has 0 saturated carbocycles. The van der Waals surface area contributed by atoms with Crippen molar-refractivity contribution in [2.75, 3.05) is 0 Å². The number of hydrogen-bond donors (Lipinski definition) is 1. The predicted molar refractivity (Wildman–Crippen MR) is 49.2 cm³/mol. The summed E-state index contributed by atoms with van der Waals surface area (Å²) in [5.41, 5.74) is 1.76. The molecule has 1 aromatic heterocycles. The molecule has 0 aromatic carbocycles. The quantitative estimate of drug-likeness (QED) is 0.765. The lowest BCUT2D eigenvalue weighted by atomic mass is 9.99. The van der Waals surface area contributed by atoms with Crippen molar-refractivity contribution in [3.8, 4) is 0 Å². The summed E-state index contributed by atoms with van der Waals surface area (Å²) in [6.07, 6.45) is 0. The second-order valence-electron chi connectivity index (χ2n) is 3.49. The minimum absolute atomic E-state index is 0.0880. The number of aromatic carboxylic acids is 1. The second kappa shape index (κ2) is 3.24. The van der Waals surface area contributed by atoms with E-state index in [2.05, 4.69) is 0 Å². The van der Waals surface area contributed by atoms with Crippen molar-refractivity contribution >= 4 is 5.97 Å². The summed E-state index contributed by atoms with van der Waals surface area (Å²) in [5, 5.41) is 8.86. The average Bonchev–Trinajstić information content (AvgIpc) is 2.28. The summed E-state index contributed by atoms with van der Waals surface area (Å²) in [5.74, 6) is -0.0189. The molecule has 0 aliphatic heterocycles. The van der Waals surface area contributed by atoms with Gasteiger partial charge in [0, 0.05) is 5.56 Å². The van der Waals surface area contributed by atoms with Crippen molar-refractivity contribution in [1.29, 1.82) is 0 Å². The predicted octanol–water partition coefficient (Wildman–Crippen LogP) is 2.72. The standard InChI is InChI=1S/C10H14O3/c1-5(2)8-6(3)7(4)13-9(8)10(11)12/h5H,1-4H3,(H,11,12). The summed E-state index contributed by atoms with van der Waals surface area (Å²) in [7, 11) is 0. The first-order valence-electron chi connectivity index (χ1n) is 4.28. The van der Waals surface area contributed by atoms with Crippen molar-refractivity contribution in [2.24, 2.45) is 0 Å². The molecule has 0 fully saturated rings. The zero-order valence-corrected chi connectivity index (χ0v) is 8.34. The van der Waals surface area contributed by atoms with Crippen molar-refractivity contribution in [3.05, 3.63) is 22.6 Å². The topological polar surface area (TPSA) is 50.4 Å². The Morgan fingerprint density at radius 1 is 1.38 bits per heavy atom. The van der Waals surface area contributed by atoms with E-state index in [4.69, 9.17) is 9.52 Å². The van der Waals surface area contributed by atoms with Gasteiger partial charge in [-0.1, -0.05) is 13.8 Å². The van der Waals surface area contributed by atoms with Gasteiger partial charge in [-0.25, -0.2) is 4.79 Å². The van der Waals surface area contributed by atoms with E-state index in [-0.39, 0.29) is 11.7 Å². The van der Waals surface area contributed by atoms with Crippen LogP contribution in [-0.2, 0) is 0 Å². The molecular weight excluding hydrogens is 168 g/mol. The Labute approximate surface area is 77.4 Å². The van der Waals surface area contributed by atoms with E-state index in [0.717, 1.165) is 11.1 Å². The highest BCUT2D eigenvalue weighted by Gasteiger charge is 2.21. The largest absolute Gasteiger partial charge is 0.475 e. The van der Waals surface area contributed by atoms with Crippen molar-refractivity contribution in [3.63, 3.8) is 0 Å². The van der Waals surface area contributed by atoms with Gasteiger partial charge in [-0.3, -0.25) is 0 Å². The van der Waals surface area contributed by atoms with Crippen molar-refractivity contribution in [2.45, 2.75) is 33.6 Å². The van der Waals surface area contributed by atoms with Crippen molar-refractivity contribution in [1.82, 2.24) is 0 Å². The van der Waals surface area contributed by atoms with Gasteiger partial charge in [-0.05, 0) is 25.3 Å². The van der Waals surface area contributed by atoms with Crippen LogP contribution in [0.2, 0.25) is 0 Å². The molecule has 3 heteroatoms. The normalized spacial score (nSPS) is 10.8. The highest BCUT2D eigenvalue weighted by molar-refractivity contribution is 5.87. The van der Waals surface area contributed by atoms with Gasteiger partial charge in [-0.2, -0.15) is 0 Å². The minimum Gasteiger partial charge on any atom is -0.475 e. The Morgan fingerprint density at radius 3 is 2.23 bits per heavy atom. The molecule has 0 radical (unpaired) electrons. The molecule has 1 N–H and O–H groups in total. The minimum atomic E-state index is -0.986. The van der Waals surface area contributed by atoms with Crippen LogP contribution in [0.15, 0.2) is 4.42 Å².